The predicted molar refractivity (Wildman–Crippen MR) is 79.2 cm³/mol. The molecule has 0 saturated carbocycles. The van der Waals surface area contributed by atoms with Gasteiger partial charge in [0.1, 0.15) is 0 Å². The lowest BCUT2D eigenvalue weighted by Gasteiger charge is -2.58. The van der Waals surface area contributed by atoms with Crippen LogP contribution in [0.4, 0.5) is 0 Å². The summed E-state index contributed by atoms with van der Waals surface area (Å²) in [5.74, 6) is 1.45. The standard InChI is InChI=1S/C15H31N3O/c1-13(2)10-18(8-9-19-3)15(11-16)12-17-6-4-14(15)5-7-17/h13-14H,4-12,16H2,1-3H3. The average Bonchev–Trinajstić information content (AvgIpc) is 2.44. The van der Waals surface area contributed by atoms with Crippen LogP contribution < -0.4 is 5.73 Å². The van der Waals surface area contributed by atoms with E-state index in [1.807, 2.05) is 0 Å². The second kappa shape index (κ2) is 6.53. The molecule has 3 saturated heterocycles. The van der Waals surface area contributed by atoms with Gasteiger partial charge in [-0.1, -0.05) is 13.8 Å². The highest BCUT2D eigenvalue weighted by Gasteiger charge is 2.49. The summed E-state index contributed by atoms with van der Waals surface area (Å²) in [7, 11) is 1.79. The predicted octanol–water partition coefficient (Wildman–Crippen LogP) is 1.01. The summed E-state index contributed by atoms with van der Waals surface area (Å²) in [6.07, 6.45) is 2.64. The number of nitrogens with two attached hydrogens (primary N) is 1. The lowest BCUT2D eigenvalue weighted by atomic mass is 9.71. The summed E-state index contributed by atoms with van der Waals surface area (Å²) >= 11 is 0. The van der Waals surface area contributed by atoms with Gasteiger partial charge in [0.05, 0.1) is 6.61 Å². The Labute approximate surface area is 118 Å². The number of fused-ring (bicyclic) bond motifs is 3. The van der Waals surface area contributed by atoms with Crippen molar-refractivity contribution in [3.8, 4) is 0 Å². The summed E-state index contributed by atoms with van der Waals surface area (Å²) in [6.45, 7) is 12.0. The van der Waals surface area contributed by atoms with E-state index >= 15 is 0 Å². The molecule has 3 aliphatic heterocycles. The van der Waals surface area contributed by atoms with Gasteiger partial charge in [0.25, 0.3) is 0 Å². The Morgan fingerprint density at radius 1 is 1.37 bits per heavy atom. The number of piperidine rings is 3. The quantitative estimate of drug-likeness (QED) is 0.749. The van der Waals surface area contributed by atoms with E-state index in [4.69, 9.17) is 10.5 Å². The first-order valence-electron chi connectivity index (χ1n) is 7.79. The first-order valence-corrected chi connectivity index (χ1v) is 7.79. The highest BCUT2D eigenvalue weighted by molar-refractivity contribution is 5.06. The smallest absolute Gasteiger partial charge is 0.0589 e. The maximum absolute atomic E-state index is 6.26. The Balaban J connectivity index is 2.15. The lowest BCUT2D eigenvalue weighted by Crippen LogP contribution is -2.70. The van der Waals surface area contributed by atoms with E-state index in [2.05, 4.69) is 23.6 Å². The average molecular weight is 269 g/mol. The fourth-order valence-corrected chi connectivity index (χ4v) is 4.00. The lowest BCUT2D eigenvalue weighted by molar-refractivity contribution is -0.0771. The van der Waals surface area contributed by atoms with Gasteiger partial charge in [-0.15, -0.1) is 0 Å². The fourth-order valence-electron chi connectivity index (χ4n) is 4.00. The topological polar surface area (TPSA) is 41.7 Å². The maximum atomic E-state index is 6.26. The minimum atomic E-state index is 0.194. The van der Waals surface area contributed by atoms with E-state index in [1.54, 1.807) is 7.11 Å². The molecule has 0 aromatic heterocycles. The van der Waals surface area contributed by atoms with Crippen molar-refractivity contribution in [2.45, 2.75) is 32.2 Å². The number of hydrogen-bond donors (Lipinski definition) is 1. The van der Waals surface area contributed by atoms with E-state index < -0.39 is 0 Å². The van der Waals surface area contributed by atoms with Crippen LogP contribution in [0, 0.1) is 11.8 Å². The van der Waals surface area contributed by atoms with E-state index in [0.717, 1.165) is 38.7 Å². The van der Waals surface area contributed by atoms with Crippen molar-refractivity contribution in [3.63, 3.8) is 0 Å². The molecule has 4 nitrogen and oxygen atoms in total. The molecule has 112 valence electrons. The van der Waals surface area contributed by atoms with Crippen molar-refractivity contribution in [2.24, 2.45) is 17.6 Å². The van der Waals surface area contributed by atoms with Gasteiger partial charge in [0, 0.05) is 38.8 Å². The van der Waals surface area contributed by atoms with E-state index in [1.165, 1.54) is 25.9 Å². The van der Waals surface area contributed by atoms with Gasteiger partial charge in [-0.05, 0) is 37.8 Å². The molecule has 0 aliphatic carbocycles. The van der Waals surface area contributed by atoms with Crippen LogP contribution in [0.3, 0.4) is 0 Å². The zero-order chi connectivity index (χ0) is 13.9. The molecule has 3 rings (SSSR count). The van der Waals surface area contributed by atoms with Crippen molar-refractivity contribution in [3.05, 3.63) is 0 Å². The minimum absolute atomic E-state index is 0.194. The van der Waals surface area contributed by atoms with Gasteiger partial charge in [0.15, 0.2) is 0 Å². The van der Waals surface area contributed by atoms with Crippen LogP contribution in [0.2, 0.25) is 0 Å². The van der Waals surface area contributed by atoms with Gasteiger partial charge in [0.2, 0.25) is 0 Å². The number of hydrogen-bond acceptors (Lipinski definition) is 4. The molecule has 1 unspecified atom stereocenters. The molecule has 3 fully saturated rings. The van der Waals surface area contributed by atoms with Gasteiger partial charge in [-0.3, -0.25) is 4.90 Å². The molecule has 0 radical (unpaired) electrons. The van der Waals surface area contributed by atoms with E-state index in [9.17, 15) is 0 Å². The Hall–Kier alpha value is -0.160. The van der Waals surface area contributed by atoms with Crippen molar-refractivity contribution in [2.75, 3.05) is 53.0 Å². The summed E-state index contributed by atoms with van der Waals surface area (Å²) in [4.78, 5) is 5.24. The molecule has 1 atom stereocenters. The maximum Gasteiger partial charge on any atom is 0.0589 e. The normalized spacial score (nSPS) is 34.4. The molecule has 0 aromatic carbocycles. The monoisotopic (exact) mass is 269 g/mol. The second-order valence-corrected chi connectivity index (χ2v) is 6.69. The summed E-state index contributed by atoms with van der Waals surface area (Å²) in [5.41, 5.74) is 6.46. The van der Waals surface area contributed by atoms with Crippen LogP contribution in [0.15, 0.2) is 0 Å². The first-order chi connectivity index (χ1) is 9.12. The SMILES string of the molecule is COCCN(CC(C)C)C1(CN)CN2CCC1CC2. The fraction of sp³-hybridized carbons (Fsp3) is 1.00. The molecular weight excluding hydrogens is 238 g/mol. The largest absolute Gasteiger partial charge is 0.383 e. The van der Waals surface area contributed by atoms with Crippen LogP contribution in [0.1, 0.15) is 26.7 Å². The Morgan fingerprint density at radius 2 is 2.05 bits per heavy atom. The van der Waals surface area contributed by atoms with Gasteiger partial charge in [-0.25, -0.2) is 0 Å². The molecule has 3 aliphatic rings. The van der Waals surface area contributed by atoms with Crippen molar-refractivity contribution in [1.29, 1.82) is 0 Å². The van der Waals surface area contributed by atoms with E-state index in [0.29, 0.717) is 5.92 Å². The first kappa shape index (κ1) is 15.2. The Kier molecular flexibility index (Phi) is 5.23. The number of nitrogens with zero attached hydrogens (tertiary/aromatic N) is 2. The van der Waals surface area contributed by atoms with E-state index in [-0.39, 0.29) is 5.54 Å². The summed E-state index contributed by atoms with van der Waals surface area (Å²) in [5, 5.41) is 0. The Bertz CT molecular complexity index is 277. The highest BCUT2D eigenvalue weighted by Crippen LogP contribution is 2.39. The zero-order valence-electron chi connectivity index (χ0n) is 12.9. The highest BCUT2D eigenvalue weighted by atomic mass is 16.5. The van der Waals surface area contributed by atoms with Gasteiger partial charge < -0.3 is 15.4 Å². The van der Waals surface area contributed by atoms with Crippen molar-refractivity contribution in [1.82, 2.24) is 9.80 Å². The molecular formula is C15H31N3O. The summed E-state index contributed by atoms with van der Waals surface area (Å²) < 4.78 is 5.32. The molecule has 0 amide bonds. The molecule has 2 N–H and O–H groups in total. The summed E-state index contributed by atoms with van der Waals surface area (Å²) in [6, 6.07) is 0. The number of rotatable bonds is 7. The molecule has 2 bridgehead atoms. The van der Waals surface area contributed by atoms with Crippen LogP contribution in [-0.2, 0) is 4.74 Å². The molecule has 0 spiro atoms. The zero-order valence-corrected chi connectivity index (χ0v) is 12.9. The minimum Gasteiger partial charge on any atom is -0.383 e. The van der Waals surface area contributed by atoms with Gasteiger partial charge >= 0.3 is 0 Å². The second-order valence-electron chi connectivity index (χ2n) is 6.69. The van der Waals surface area contributed by atoms with Crippen LogP contribution in [0.25, 0.3) is 0 Å². The number of methoxy groups -OCH3 is 1. The van der Waals surface area contributed by atoms with Gasteiger partial charge in [-0.2, -0.15) is 0 Å². The molecule has 4 heteroatoms. The van der Waals surface area contributed by atoms with Crippen LogP contribution >= 0.6 is 0 Å². The third-order valence-electron chi connectivity index (χ3n) is 4.98. The van der Waals surface area contributed by atoms with Crippen molar-refractivity contribution >= 4 is 0 Å². The molecule has 3 heterocycles. The number of ether oxygens (including phenoxy) is 1. The molecule has 0 aromatic rings. The van der Waals surface area contributed by atoms with Crippen LogP contribution in [0.5, 0.6) is 0 Å². The third kappa shape index (κ3) is 3.13. The van der Waals surface area contributed by atoms with Crippen molar-refractivity contribution < 1.29 is 4.74 Å². The van der Waals surface area contributed by atoms with Crippen LogP contribution in [-0.4, -0.2) is 68.3 Å². The third-order valence-corrected chi connectivity index (χ3v) is 4.98. The Morgan fingerprint density at radius 3 is 2.47 bits per heavy atom. The molecule has 19 heavy (non-hydrogen) atoms.